The van der Waals surface area contributed by atoms with Gasteiger partial charge in [-0.15, -0.1) is 0 Å². The molecule has 0 spiro atoms. The Morgan fingerprint density at radius 2 is 1.86 bits per heavy atom. The van der Waals surface area contributed by atoms with E-state index in [4.69, 9.17) is 16.3 Å². The fraction of sp³-hybridized carbons (Fsp3) is 0.333. The first-order valence-corrected chi connectivity index (χ1v) is 9.59. The molecule has 1 saturated heterocycles. The maximum atomic E-state index is 12.1. The van der Waals surface area contributed by atoms with Crippen molar-refractivity contribution < 1.29 is 14.3 Å². The number of hydrogen-bond acceptors (Lipinski definition) is 4. The molecule has 1 aliphatic heterocycles. The standard InChI is InChI=1S/C21H24ClN3O3/c1-15-4-3-5-18(12-15)28-14-21(27)23-17-6-7-20(19(22)13-17)25-10-8-24(9-11-25)16(2)26/h3-7,12-13H,8-11,14H2,1-2H3,(H,23,27). The molecule has 1 N–H and O–H groups in total. The lowest BCUT2D eigenvalue weighted by Crippen LogP contribution is -2.48. The predicted octanol–water partition coefficient (Wildman–Crippen LogP) is 3.33. The molecule has 3 rings (SSSR count). The number of halogens is 1. The third kappa shape index (κ3) is 5.16. The molecule has 0 aromatic heterocycles. The van der Waals surface area contributed by atoms with Crippen molar-refractivity contribution in [3.8, 4) is 5.75 Å². The molecule has 2 aromatic rings. The Balaban J connectivity index is 1.55. The van der Waals surface area contributed by atoms with Crippen molar-refractivity contribution in [1.82, 2.24) is 4.90 Å². The lowest BCUT2D eigenvalue weighted by molar-refractivity contribution is -0.129. The maximum absolute atomic E-state index is 12.1. The average molecular weight is 402 g/mol. The first kappa shape index (κ1) is 20.0. The van der Waals surface area contributed by atoms with Crippen molar-refractivity contribution in [3.05, 3.63) is 53.1 Å². The number of rotatable bonds is 5. The molecule has 0 bridgehead atoms. The van der Waals surface area contributed by atoms with Crippen LogP contribution in [0.1, 0.15) is 12.5 Å². The van der Waals surface area contributed by atoms with Crippen molar-refractivity contribution in [2.75, 3.05) is 43.0 Å². The third-order valence-electron chi connectivity index (χ3n) is 4.66. The highest BCUT2D eigenvalue weighted by Gasteiger charge is 2.20. The molecule has 148 valence electrons. The summed E-state index contributed by atoms with van der Waals surface area (Å²) in [6.07, 6.45) is 0. The first-order valence-electron chi connectivity index (χ1n) is 9.22. The number of carbonyl (C=O) groups is 2. The highest BCUT2D eigenvalue weighted by molar-refractivity contribution is 6.33. The summed E-state index contributed by atoms with van der Waals surface area (Å²) in [5, 5.41) is 3.36. The number of nitrogens with one attached hydrogen (secondary N) is 1. The van der Waals surface area contributed by atoms with Gasteiger partial charge in [-0.25, -0.2) is 0 Å². The van der Waals surface area contributed by atoms with Crippen LogP contribution in [0.3, 0.4) is 0 Å². The molecule has 2 amide bonds. The second-order valence-corrected chi connectivity index (χ2v) is 7.22. The van der Waals surface area contributed by atoms with Crippen LogP contribution in [0.5, 0.6) is 5.75 Å². The van der Waals surface area contributed by atoms with Crippen molar-refractivity contribution in [1.29, 1.82) is 0 Å². The van der Waals surface area contributed by atoms with Crippen molar-refractivity contribution in [2.24, 2.45) is 0 Å². The van der Waals surface area contributed by atoms with Gasteiger partial charge in [0.05, 0.1) is 10.7 Å². The van der Waals surface area contributed by atoms with Gasteiger partial charge in [0.25, 0.3) is 5.91 Å². The van der Waals surface area contributed by atoms with E-state index in [2.05, 4.69) is 10.2 Å². The SMILES string of the molecule is CC(=O)N1CCN(c2ccc(NC(=O)COc3cccc(C)c3)cc2Cl)CC1. The Bertz CT molecular complexity index is 864. The van der Waals surface area contributed by atoms with Crippen molar-refractivity contribution in [2.45, 2.75) is 13.8 Å². The second-order valence-electron chi connectivity index (χ2n) is 6.81. The van der Waals surface area contributed by atoms with Gasteiger partial charge < -0.3 is 19.9 Å². The molecule has 1 fully saturated rings. The van der Waals surface area contributed by atoms with Gasteiger partial charge in [0.15, 0.2) is 6.61 Å². The number of ether oxygens (including phenoxy) is 1. The van der Waals surface area contributed by atoms with Gasteiger partial charge in [0, 0.05) is 38.8 Å². The normalized spacial score (nSPS) is 14.0. The number of carbonyl (C=O) groups excluding carboxylic acids is 2. The lowest BCUT2D eigenvalue weighted by atomic mass is 10.2. The number of aryl methyl sites for hydroxylation is 1. The van der Waals surface area contributed by atoms with Gasteiger partial charge in [-0.1, -0.05) is 23.7 Å². The Hall–Kier alpha value is -2.73. The summed E-state index contributed by atoms with van der Waals surface area (Å²) in [6.45, 7) is 6.31. The molecule has 0 saturated carbocycles. The first-order chi connectivity index (χ1) is 13.4. The Morgan fingerprint density at radius 1 is 1.11 bits per heavy atom. The zero-order valence-electron chi connectivity index (χ0n) is 16.1. The highest BCUT2D eigenvalue weighted by Crippen LogP contribution is 2.29. The van der Waals surface area contributed by atoms with Crippen molar-refractivity contribution in [3.63, 3.8) is 0 Å². The molecule has 0 unspecified atom stereocenters. The van der Waals surface area contributed by atoms with E-state index in [1.54, 1.807) is 13.0 Å². The summed E-state index contributed by atoms with van der Waals surface area (Å²) in [6, 6.07) is 13.0. The highest BCUT2D eigenvalue weighted by atomic mass is 35.5. The van der Waals surface area contributed by atoms with E-state index in [0.29, 0.717) is 29.5 Å². The number of amides is 2. The number of nitrogens with zero attached hydrogens (tertiary/aromatic N) is 2. The van der Waals surface area contributed by atoms with Crippen molar-refractivity contribution >= 4 is 34.8 Å². The fourth-order valence-electron chi connectivity index (χ4n) is 3.15. The third-order valence-corrected chi connectivity index (χ3v) is 4.96. The van der Waals surface area contributed by atoms with E-state index in [0.717, 1.165) is 24.3 Å². The minimum atomic E-state index is -0.250. The van der Waals surface area contributed by atoms with Gasteiger partial charge in [0.1, 0.15) is 5.75 Å². The van der Waals surface area contributed by atoms with Gasteiger partial charge >= 0.3 is 0 Å². The molecule has 1 aliphatic rings. The number of anilines is 2. The van der Waals surface area contributed by atoms with Crippen LogP contribution in [-0.4, -0.2) is 49.5 Å². The zero-order chi connectivity index (χ0) is 20.1. The van der Waals surface area contributed by atoms with Gasteiger partial charge in [-0.3, -0.25) is 9.59 Å². The molecule has 28 heavy (non-hydrogen) atoms. The van der Waals surface area contributed by atoms with Crippen LogP contribution < -0.4 is 15.0 Å². The molecule has 2 aromatic carbocycles. The molecule has 1 heterocycles. The second kappa shape index (κ2) is 8.97. The minimum Gasteiger partial charge on any atom is -0.484 e. The zero-order valence-corrected chi connectivity index (χ0v) is 16.8. The monoisotopic (exact) mass is 401 g/mol. The minimum absolute atomic E-state index is 0.0736. The van der Waals surface area contributed by atoms with Crippen LogP contribution in [0.25, 0.3) is 0 Å². The lowest BCUT2D eigenvalue weighted by Gasteiger charge is -2.36. The van der Waals surface area contributed by atoms with E-state index in [-0.39, 0.29) is 18.4 Å². The summed E-state index contributed by atoms with van der Waals surface area (Å²) in [5.41, 5.74) is 2.59. The van der Waals surface area contributed by atoms with Crippen LogP contribution in [0.4, 0.5) is 11.4 Å². The largest absolute Gasteiger partial charge is 0.484 e. The van der Waals surface area contributed by atoms with Gasteiger partial charge in [-0.2, -0.15) is 0 Å². The fourth-order valence-corrected chi connectivity index (χ4v) is 3.45. The molecule has 0 aliphatic carbocycles. The Morgan fingerprint density at radius 3 is 2.50 bits per heavy atom. The van der Waals surface area contributed by atoms with E-state index in [1.165, 1.54) is 0 Å². The quantitative estimate of drug-likeness (QED) is 0.834. The van der Waals surface area contributed by atoms with E-state index in [9.17, 15) is 9.59 Å². The molecular weight excluding hydrogens is 378 g/mol. The average Bonchev–Trinajstić information content (AvgIpc) is 2.67. The molecule has 0 atom stereocenters. The number of piperazine rings is 1. The van der Waals surface area contributed by atoms with Crippen LogP contribution in [0, 0.1) is 6.92 Å². The summed E-state index contributed by atoms with van der Waals surface area (Å²) in [4.78, 5) is 27.6. The van der Waals surface area contributed by atoms with Gasteiger partial charge in [-0.05, 0) is 42.8 Å². The Kier molecular flexibility index (Phi) is 6.41. The maximum Gasteiger partial charge on any atom is 0.262 e. The number of benzene rings is 2. The smallest absolute Gasteiger partial charge is 0.262 e. The van der Waals surface area contributed by atoms with E-state index < -0.39 is 0 Å². The molecule has 7 heteroatoms. The predicted molar refractivity (Wildman–Crippen MR) is 111 cm³/mol. The summed E-state index contributed by atoms with van der Waals surface area (Å²) in [7, 11) is 0. The Labute approximate surface area is 170 Å². The van der Waals surface area contributed by atoms with Gasteiger partial charge in [0.2, 0.25) is 5.91 Å². The molecular formula is C21H24ClN3O3. The van der Waals surface area contributed by atoms with E-state index in [1.807, 2.05) is 48.2 Å². The summed E-state index contributed by atoms with van der Waals surface area (Å²) < 4.78 is 5.51. The van der Waals surface area contributed by atoms with Crippen LogP contribution in [-0.2, 0) is 9.59 Å². The topological polar surface area (TPSA) is 61.9 Å². The molecule has 0 radical (unpaired) electrons. The summed E-state index contributed by atoms with van der Waals surface area (Å²) >= 11 is 6.43. The van der Waals surface area contributed by atoms with Crippen LogP contribution in [0.2, 0.25) is 5.02 Å². The molecule has 6 nitrogen and oxygen atoms in total. The van der Waals surface area contributed by atoms with Crippen LogP contribution >= 0.6 is 11.6 Å². The van der Waals surface area contributed by atoms with Crippen LogP contribution in [0.15, 0.2) is 42.5 Å². The summed E-state index contributed by atoms with van der Waals surface area (Å²) in [5.74, 6) is 0.505. The van der Waals surface area contributed by atoms with E-state index >= 15 is 0 Å². The number of hydrogen-bond donors (Lipinski definition) is 1.